The van der Waals surface area contributed by atoms with Gasteiger partial charge in [0, 0.05) is 38.0 Å². The van der Waals surface area contributed by atoms with Gasteiger partial charge in [0.15, 0.2) is 5.96 Å². The summed E-state index contributed by atoms with van der Waals surface area (Å²) in [4.78, 5) is 30.6. The van der Waals surface area contributed by atoms with Crippen molar-refractivity contribution in [3.63, 3.8) is 0 Å². The molecule has 2 saturated heterocycles. The number of amides is 2. The zero-order valence-corrected chi connectivity index (χ0v) is 21.8. The zero-order valence-electron chi connectivity index (χ0n) is 19.5. The van der Waals surface area contributed by atoms with Crippen LogP contribution in [0.5, 0.6) is 0 Å². The lowest BCUT2D eigenvalue weighted by molar-refractivity contribution is -0.124. The van der Waals surface area contributed by atoms with E-state index in [1.165, 1.54) is 0 Å². The summed E-state index contributed by atoms with van der Waals surface area (Å²) < 4.78 is 10.5. The summed E-state index contributed by atoms with van der Waals surface area (Å²) in [5, 5.41) is 9.70. The summed E-state index contributed by atoms with van der Waals surface area (Å²) >= 11 is 0. The number of rotatable bonds is 7. The maximum Gasteiger partial charge on any atom is 0.409 e. The van der Waals surface area contributed by atoms with Crippen LogP contribution in [0.1, 0.15) is 45.1 Å². The van der Waals surface area contributed by atoms with E-state index in [9.17, 15) is 9.59 Å². The Morgan fingerprint density at radius 1 is 1.21 bits per heavy atom. The molecule has 9 nitrogen and oxygen atoms in total. The Morgan fingerprint density at radius 2 is 2.00 bits per heavy atom. The monoisotopic (exact) mass is 573 g/mol. The van der Waals surface area contributed by atoms with Gasteiger partial charge in [0.1, 0.15) is 6.10 Å². The van der Waals surface area contributed by atoms with Crippen LogP contribution < -0.4 is 16.0 Å². The molecule has 2 aliphatic heterocycles. The SMILES string of the molecule is CCNC(=NCc1cccc(NC(=O)C2CCCO2)c1)NC1CCN(C(=O)OCC)CC1.I. The highest BCUT2D eigenvalue weighted by Gasteiger charge is 2.24. The van der Waals surface area contributed by atoms with E-state index < -0.39 is 0 Å². The number of anilines is 1. The number of halogens is 1. The van der Waals surface area contributed by atoms with Gasteiger partial charge in [0.2, 0.25) is 0 Å². The molecule has 0 radical (unpaired) electrons. The van der Waals surface area contributed by atoms with Crippen LogP contribution in [-0.4, -0.2) is 67.9 Å². The molecule has 0 bridgehead atoms. The molecule has 2 amide bonds. The topological polar surface area (TPSA) is 104 Å². The van der Waals surface area contributed by atoms with Gasteiger partial charge in [0.05, 0.1) is 13.2 Å². The number of nitrogens with one attached hydrogen (secondary N) is 3. The van der Waals surface area contributed by atoms with Gasteiger partial charge in [0.25, 0.3) is 5.91 Å². The molecule has 2 heterocycles. The van der Waals surface area contributed by atoms with Crippen LogP contribution in [0, 0.1) is 0 Å². The molecule has 0 aliphatic carbocycles. The van der Waals surface area contributed by atoms with Crippen molar-refractivity contribution in [3.8, 4) is 0 Å². The molecule has 3 N–H and O–H groups in total. The molecule has 2 aliphatic rings. The number of carbonyl (C=O) groups excluding carboxylic acids is 2. The standard InChI is InChI=1S/C23H35N5O4.HI/c1-3-24-22(27-18-10-12-28(13-11-18)23(30)31-4-2)25-16-17-7-5-8-19(15-17)26-21(29)20-9-6-14-32-20;/h5,7-8,15,18,20H,3-4,6,9-14,16H2,1-2H3,(H,26,29)(H2,24,25,27);1H. The third-order valence-corrected chi connectivity index (χ3v) is 5.54. The fourth-order valence-corrected chi connectivity index (χ4v) is 3.86. The van der Waals surface area contributed by atoms with Gasteiger partial charge in [-0.2, -0.15) is 0 Å². The minimum absolute atomic E-state index is 0. The van der Waals surface area contributed by atoms with Gasteiger partial charge in [-0.3, -0.25) is 4.79 Å². The van der Waals surface area contributed by atoms with Gasteiger partial charge in [-0.15, -0.1) is 24.0 Å². The van der Waals surface area contributed by atoms with E-state index in [1.54, 1.807) is 4.90 Å². The summed E-state index contributed by atoms with van der Waals surface area (Å²) in [5.74, 6) is 0.656. The van der Waals surface area contributed by atoms with Crippen molar-refractivity contribution in [1.82, 2.24) is 15.5 Å². The predicted octanol–water partition coefficient (Wildman–Crippen LogP) is 3.10. The highest BCUT2D eigenvalue weighted by molar-refractivity contribution is 14.0. The number of nitrogens with zero attached hydrogens (tertiary/aromatic N) is 2. The molecule has 0 saturated carbocycles. The maximum absolute atomic E-state index is 12.3. The molecule has 0 spiro atoms. The van der Waals surface area contributed by atoms with Crippen molar-refractivity contribution in [2.45, 2.75) is 58.2 Å². The smallest absolute Gasteiger partial charge is 0.409 e. The van der Waals surface area contributed by atoms with Crippen LogP contribution >= 0.6 is 24.0 Å². The number of hydrogen-bond acceptors (Lipinski definition) is 5. The first-order chi connectivity index (χ1) is 15.6. The van der Waals surface area contributed by atoms with Gasteiger partial charge in [-0.05, 0) is 57.2 Å². The number of hydrogen-bond donors (Lipinski definition) is 3. The first-order valence-corrected chi connectivity index (χ1v) is 11.6. The molecule has 3 rings (SSSR count). The Labute approximate surface area is 213 Å². The van der Waals surface area contributed by atoms with Crippen LogP contribution in [-0.2, 0) is 20.8 Å². The van der Waals surface area contributed by atoms with Crippen LogP contribution in [0.2, 0.25) is 0 Å². The molecule has 1 aromatic carbocycles. The normalized spacial score (nSPS) is 18.9. The fourth-order valence-electron chi connectivity index (χ4n) is 3.86. The van der Waals surface area contributed by atoms with Crippen LogP contribution in [0.4, 0.5) is 10.5 Å². The van der Waals surface area contributed by atoms with E-state index in [4.69, 9.17) is 14.5 Å². The van der Waals surface area contributed by atoms with E-state index in [0.29, 0.717) is 32.8 Å². The first kappa shape index (κ1) is 27.2. The molecule has 1 aromatic rings. The van der Waals surface area contributed by atoms with E-state index >= 15 is 0 Å². The summed E-state index contributed by atoms with van der Waals surface area (Å²) in [6.45, 7) is 7.47. The minimum Gasteiger partial charge on any atom is -0.450 e. The lowest BCUT2D eigenvalue weighted by Crippen LogP contribution is -2.49. The second kappa shape index (κ2) is 14.2. The Kier molecular flexibility index (Phi) is 11.7. The molecular weight excluding hydrogens is 537 g/mol. The second-order valence-corrected chi connectivity index (χ2v) is 7.99. The Balaban J connectivity index is 0.00000385. The molecule has 184 valence electrons. The fraction of sp³-hybridized carbons (Fsp3) is 0.609. The molecule has 0 aromatic heterocycles. The van der Waals surface area contributed by atoms with Crippen LogP contribution in [0.15, 0.2) is 29.3 Å². The quantitative estimate of drug-likeness (QED) is 0.263. The molecule has 1 unspecified atom stereocenters. The third kappa shape index (κ3) is 8.65. The Bertz CT molecular complexity index is 793. The number of likely N-dealkylation sites (tertiary alicyclic amines) is 1. The lowest BCUT2D eigenvalue weighted by atomic mass is 10.1. The molecular formula is C23H36IN5O4. The van der Waals surface area contributed by atoms with E-state index in [1.807, 2.05) is 38.1 Å². The Hall–Kier alpha value is -2.08. The van der Waals surface area contributed by atoms with Crippen molar-refractivity contribution >= 4 is 47.6 Å². The molecule has 1 atom stereocenters. The van der Waals surface area contributed by atoms with Gasteiger partial charge in [-0.1, -0.05) is 12.1 Å². The number of carbonyl (C=O) groups is 2. The summed E-state index contributed by atoms with van der Waals surface area (Å²) in [5.41, 5.74) is 1.76. The van der Waals surface area contributed by atoms with Gasteiger partial charge in [-0.25, -0.2) is 9.79 Å². The van der Waals surface area contributed by atoms with Crippen molar-refractivity contribution in [1.29, 1.82) is 0 Å². The minimum atomic E-state index is -0.350. The predicted molar refractivity (Wildman–Crippen MR) is 139 cm³/mol. The molecule has 33 heavy (non-hydrogen) atoms. The number of guanidine groups is 1. The number of piperidine rings is 1. The van der Waals surface area contributed by atoms with E-state index in [2.05, 4.69) is 16.0 Å². The van der Waals surface area contributed by atoms with Crippen molar-refractivity contribution < 1.29 is 19.1 Å². The summed E-state index contributed by atoms with van der Waals surface area (Å²) in [6.07, 6.45) is 2.79. The average molecular weight is 573 g/mol. The largest absolute Gasteiger partial charge is 0.450 e. The highest BCUT2D eigenvalue weighted by atomic mass is 127. The number of benzene rings is 1. The molecule has 10 heteroatoms. The number of aliphatic imine (C=N–C) groups is 1. The Morgan fingerprint density at radius 3 is 2.67 bits per heavy atom. The van der Waals surface area contributed by atoms with Gasteiger partial charge < -0.3 is 30.3 Å². The number of ether oxygens (including phenoxy) is 2. The van der Waals surface area contributed by atoms with Crippen molar-refractivity contribution in [2.24, 2.45) is 4.99 Å². The van der Waals surface area contributed by atoms with Crippen LogP contribution in [0.25, 0.3) is 0 Å². The zero-order chi connectivity index (χ0) is 22.8. The highest BCUT2D eigenvalue weighted by Crippen LogP contribution is 2.17. The van der Waals surface area contributed by atoms with Crippen LogP contribution in [0.3, 0.4) is 0 Å². The second-order valence-electron chi connectivity index (χ2n) is 7.99. The molecule has 2 fully saturated rings. The summed E-state index contributed by atoms with van der Waals surface area (Å²) in [7, 11) is 0. The maximum atomic E-state index is 12.3. The van der Waals surface area contributed by atoms with E-state index in [-0.39, 0.29) is 48.1 Å². The van der Waals surface area contributed by atoms with Gasteiger partial charge >= 0.3 is 6.09 Å². The van der Waals surface area contributed by atoms with E-state index in [0.717, 1.165) is 49.4 Å². The summed E-state index contributed by atoms with van der Waals surface area (Å²) in [6, 6.07) is 7.97. The average Bonchev–Trinajstić information content (AvgIpc) is 3.34. The van der Waals surface area contributed by atoms with Crippen molar-refractivity contribution in [3.05, 3.63) is 29.8 Å². The lowest BCUT2D eigenvalue weighted by Gasteiger charge is -2.32. The third-order valence-electron chi connectivity index (χ3n) is 5.54. The van der Waals surface area contributed by atoms with Crippen molar-refractivity contribution in [2.75, 3.05) is 38.2 Å². The first-order valence-electron chi connectivity index (χ1n) is 11.6.